The summed E-state index contributed by atoms with van der Waals surface area (Å²) in [5.74, 6) is 0.934. The normalized spacial score (nSPS) is 12.9. The second-order valence-corrected chi connectivity index (χ2v) is 6.74. The third-order valence-corrected chi connectivity index (χ3v) is 5.17. The quantitative estimate of drug-likeness (QED) is 0.720. The maximum absolute atomic E-state index is 5.30. The number of nitrogens with zero attached hydrogens (tertiary/aromatic N) is 2. The minimum absolute atomic E-state index is 0.295. The topological polar surface area (TPSA) is 38.6 Å². The Morgan fingerprint density at radius 1 is 1.43 bits per heavy atom. The first kappa shape index (κ1) is 14.6. The highest BCUT2D eigenvalue weighted by Crippen LogP contribution is 2.29. The molecule has 3 heterocycles. The number of hydrogen-bond acceptors (Lipinski definition) is 5. The highest BCUT2D eigenvalue weighted by Gasteiger charge is 2.16. The summed E-state index contributed by atoms with van der Waals surface area (Å²) in [5, 5.41) is 7.73. The summed E-state index contributed by atoms with van der Waals surface area (Å²) in [5.41, 5.74) is 1.13. The van der Waals surface area contributed by atoms with Crippen LogP contribution in [0, 0.1) is 0 Å². The summed E-state index contributed by atoms with van der Waals surface area (Å²) in [4.78, 5) is 7.05. The van der Waals surface area contributed by atoms with E-state index in [1.54, 1.807) is 29.8 Å². The second kappa shape index (κ2) is 6.60. The van der Waals surface area contributed by atoms with Crippen LogP contribution in [0.1, 0.15) is 30.0 Å². The number of imidazole rings is 1. The number of thiazole rings is 1. The number of rotatable bonds is 7. The van der Waals surface area contributed by atoms with E-state index in [9.17, 15) is 0 Å². The molecule has 1 unspecified atom stereocenters. The van der Waals surface area contributed by atoms with Crippen LogP contribution in [0.3, 0.4) is 0 Å². The van der Waals surface area contributed by atoms with Gasteiger partial charge in [0.15, 0.2) is 4.96 Å². The molecule has 0 fully saturated rings. The fourth-order valence-electron chi connectivity index (χ4n) is 2.30. The van der Waals surface area contributed by atoms with Gasteiger partial charge in [-0.25, -0.2) is 4.98 Å². The Bertz CT molecular complexity index is 672. The van der Waals surface area contributed by atoms with Crippen molar-refractivity contribution in [1.82, 2.24) is 14.7 Å². The van der Waals surface area contributed by atoms with E-state index < -0.39 is 0 Å². The van der Waals surface area contributed by atoms with Crippen molar-refractivity contribution in [3.05, 3.63) is 39.8 Å². The van der Waals surface area contributed by atoms with Crippen molar-refractivity contribution in [1.29, 1.82) is 0 Å². The molecule has 3 rings (SSSR count). The Balaban J connectivity index is 1.79. The predicted molar refractivity (Wildman–Crippen MR) is 88.7 cm³/mol. The third kappa shape index (κ3) is 3.28. The maximum Gasteiger partial charge on any atom is 0.193 e. The summed E-state index contributed by atoms with van der Waals surface area (Å²) in [6.45, 7) is 3.19. The van der Waals surface area contributed by atoms with Crippen LogP contribution in [-0.4, -0.2) is 23.0 Å². The molecule has 0 bridgehead atoms. The Labute approximate surface area is 132 Å². The van der Waals surface area contributed by atoms with E-state index in [1.165, 1.54) is 4.88 Å². The van der Waals surface area contributed by atoms with Gasteiger partial charge < -0.3 is 10.1 Å². The maximum atomic E-state index is 5.30. The van der Waals surface area contributed by atoms with Gasteiger partial charge in [0, 0.05) is 40.5 Å². The summed E-state index contributed by atoms with van der Waals surface area (Å²) in [6, 6.07) is 2.42. The molecule has 21 heavy (non-hydrogen) atoms. The van der Waals surface area contributed by atoms with Crippen LogP contribution in [0.2, 0.25) is 0 Å². The van der Waals surface area contributed by atoms with Gasteiger partial charge in [-0.05, 0) is 19.0 Å². The smallest absolute Gasteiger partial charge is 0.193 e. The second-order valence-electron chi connectivity index (χ2n) is 4.92. The molecule has 1 atom stereocenters. The van der Waals surface area contributed by atoms with Crippen molar-refractivity contribution in [2.24, 2.45) is 0 Å². The molecule has 0 saturated heterocycles. The van der Waals surface area contributed by atoms with E-state index in [2.05, 4.69) is 50.8 Å². The first-order valence-corrected chi connectivity index (χ1v) is 8.83. The SMILES string of the molecule is CCCNC(Cc1cn2ccsc2n1)c1cc(OC)cs1. The number of aromatic nitrogens is 2. The highest BCUT2D eigenvalue weighted by atomic mass is 32.1. The van der Waals surface area contributed by atoms with Gasteiger partial charge in [0.1, 0.15) is 5.75 Å². The van der Waals surface area contributed by atoms with Gasteiger partial charge in [0.25, 0.3) is 0 Å². The molecule has 0 saturated carbocycles. The Hall–Kier alpha value is -1.37. The lowest BCUT2D eigenvalue weighted by Crippen LogP contribution is -2.23. The first-order chi connectivity index (χ1) is 10.3. The van der Waals surface area contributed by atoms with Crippen molar-refractivity contribution in [2.45, 2.75) is 25.8 Å². The van der Waals surface area contributed by atoms with Crippen LogP contribution in [0.5, 0.6) is 5.75 Å². The average molecular weight is 321 g/mol. The molecular weight excluding hydrogens is 302 g/mol. The molecule has 4 nitrogen and oxygen atoms in total. The molecule has 6 heteroatoms. The van der Waals surface area contributed by atoms with E-state index in [-0.39, 0.29) is 0 Å². The summed E-state index contributed by atoms with van der Waals surface area (Å²) in [7, 11) is 1.71. The first-order valence-electron chi connectivity index (χ1n) is 7.07. The van der Waals surface area contributed by atoms with Gasteiger partial charge in [-0.1, -0.05) is 6.92 Å². The van der Waals surface area contributed by atoms with Gasteiger partial charge in [-0.2, -0.15) is 0 Å². The molecule has 0 radical (unpaired) electrons. The summed E-state index contributed by atoms with van der Waals surface area (Å²) in [6.07, 6.45) is 6.20. The van der Waals surface area contributed by atoms with Crippen LogP contribution in [-0.2, 0) is 6.42 Å². The molecule has 0 amide bonds. The third-order valence-electron chi connectivity index (χ3n) is 3.37. The largest absolute Gasteiger partial charge is 0.496 e. The van der Waals surface area contributed by atoms with Gasteiger partial charge >= 0.3 is 0 Å². The highest BCUT2D eigenvalue weighted by molar-refractivity contribution is 7.15. The van der Waals surface area contributed by atoms with Crippen LogP contribution in [0.4, 0.5) is 0 Å². The monoisotopic (exact) mass is 321 g/mol. The van der Waals surface area contributed by atoms with Crippen LogP contribution in [0.25, 0.3) is 4.96 Å². The van der Waals surface area contributed by atoms with Gasteiger partial charge in [0.2, 0.25) is 0 Å². The van der Waals surface area contributed by atoms with E-state index >= 15 is 0 Å². The van der Waals surface area contributed by atoms with Crippen LogP contribution >= 0.6 is 22.7 Å². The van der Waals surface area contributed by atoms with E-state index in [4.69, 9.17) is 4.74 Å². The zero-order chi connectivity index (χ0) is 14.7. The molecule has 0 aromatic carbocycles. The molecule has 0 aliphatic carbocycles. The Morgan fingerprint density at radius 3 is 3.05 bits per heavy atom. The number of thiophene rings is 1. The number of hydrogen-bond donors (Lipinski definition) is 1. The molecule has 0 aliphatic heterocycles. The minimum atomic E-state index is 0.295. The molecule has 112 valence electrons. The number of nitrogens with one attached hydrogen (secondary N) is 1. The average Bonchev–Trinajstić information content (AvgIpc) is 3.18. The minimum Gasteiger partial charge on any atom is -0.496 e. The zero-order valence-corrected chi connectivity index (χ0v) is 13.8. The molecule has 3 aromatic heterocycles. The van der Waals surface area contributed by atoms with Gasteiger partial charge in [-0.3, -0.25) is 4.40 Å². The van der Waals surface area contributed by atoms with Crippen LogP contribution in [0.15, 0.2) is 29.2 Å². The lowest BCUT2D eigenvalue weighted by Gasteiger charge is -2.15. The molecule has 1 N–H and O–H groups in total. The zero-order valence-electron chi connectivity index (χ0n) is 12.2. The fourth-order valence-corrected chi connectivity index (χ4v) is 3.95. The predicted octanol–water partition coefficient (Wildman–Crippen LogP) is 3.75. The van der Waals surface area contributed by atoms with Crippen molar-refractivity contribution < 1.29 is 4.74 Å². The molecule has 0 aliphatic rings. The lowest BCUT2D eigenvalue weighted by atomic mass is 10.1. The Morgan fingerprint density at radius 2 is 2.33 bits per heavy atom. The van der Waals surface area contributed by atoms with Gasteiger partial charge in [-0.15, -0.1) is 22.7 Å². The molecule has 0 spiro atoms. The lowest BCUT2D eigenvalue weighted by molar-refractivity contribution is 0.415. The number of ether oxygens (including phenoxy) is 1. The van der Waals surface area contributed by atoms with Crippen molar-refractivity contribution in [3.8, 4) is 5.75 Å². The molecular formula is C15H19N3OS2. The van der Waals surface area contributed by atoms with Crippen molar-refractivity contribution in [2.75, 3.05) is 13.7 Å². The van der Waals surface area contributed by atoms with E-state index in [0.29, 0.717) is 6.04 Å². The van der Waals surface area contributed by atoms with Crippen molar-refractivity contribution in [3.63, 3.8) is 0 Å². The summed E-state index contributed by atoms with van der Waals surface area (Å²) < 4.78 is 7.39. The fraction of sp³-hybridized carbons (Fsp3) is 0.400. The van der Waals surface area contributed by atoms with Crippen LogP contribution < -0.4 is 10.1 Å². The Kier molecular flexibility index (Phi) is 4.57. The summed E-state index contributed by atoms with van der Waals surface area (Å²) >= 11 is 3.41. The van der Waals surface area contributed by atoms with E-state index in [1.807, 2.05) is 0 Å². The molecule has 3 aromatic rings. The van der Waals surface area contributed by atoms with Gasteiger partial charge in [0.05, 0.1) is 12.8 Å². The number of methoxy groups -OCH3 is 1. The standard InChI is InChI=1S/C15H19N3OS2/c1-3-4-16-13(14-8-12(19-2)10-21-14)7-11-9-18-5-6-20-15(18)17-11/h5-6,8-10,13,16H,3-4,7H2,1-2H3. The van der Waals surface area contributed by atoms with E-state index in [0.717, 1.165) is 35.8 Å². The number of fused-ring (bicyclic) bond motifs is 1. The van der Waals surface area contributed by atoms with Crippen molar-refractivity contribution >= 4 is 27.6 Å².